The van der Waals surface area contributed by atoms with E-state index in [4.69, 9.17) is 0 Å². The van der Waals surface area contributed by atoms with Crippen LogP contribution in [-0.4, -0.2) is 31.6 Å². The molecule has 1 aliphatic rings. The van der Waals surface area contributed by atoms with Crippen molar-refractivity contribution >= 4 is 11.9 Å². The van der Waals surface area contributed by atoms with E-state index in [-0.39, 0.29) is 11.9 Å². The lowest BCUT2D eigenvalue weighted by Gasteiger charge is -2.21. The quantitative estimate of drug-likeness (QED) is 0.475. The molecule has 0 aromatic carbocycles. The van der Waals surface area contributed by atoms with Gasteiger partial charge in [0.1, 0.15) is 6.04 Å². The van der Waals surface area contributed by atoms with E-state index in [0.717, 1.165) is 19.4 Å². The molecule has 0 aromatic rings. The maximum absolute atomic E-state index is 11.2. The lowest BCUT2D eigenvalue weighted by atomic mass is 10.1. The van der Waals surface area contributed by atoms with E-state index in [9.17, 15) is 9.59 Å². The van der Waals surface area contributed by atoms with E-state index in [1.54, 1.807) is 0 Å². The number of carbonyl (C=O) groups is 2. The van der Waals surface area contributed by atoms with Gasteiger partial charge in [-0.25, -0.2) is 4.79 Å². The Morgan fingerprint density at radius 3 is 3.14 bits per heavy atom. The molecule has 0 aromatic heterocycles. The first-order valence-electron chi connectivity index (χ1n) is 4.52. The number of hydrogen-bond acceptors (Lipinski definition) is 4. The Bertz CT molecular complexity index is 250. The van der Waals surface area contributed by atoms with Crippen molar-refractivity contribution < 1.29 is 14.3 Å². The maximum Gasteiger partial charge on any atom is 0.331 e. The summed E-state index contributed by atoms with van der Waals surface area (Å²) in [5, 5.41) is 5.58. The molecular weight excluding hydrogens is 184 g/mol. The molecule has 0 radical (unpaired) electrons. The van der Waals surface area contributed by atoms with Crippen LogP contribution in [0.3, 0.4) is 0 Å². The van der Waals surface area contributed by atoms with Crippen LogP contribution in [0, 0.1) is 0 Å². The number of hydrogen-bond donors (Lipinski definition) is 2. The van der Waals surface area contributed by atoms with Crippen LogP contribution in [0.1, 0.15) is 12.8 Å². The molecule has 1 fully saturated rings. The second-order valence-electron chi connectivity index (χ2n) is 3.01. The van der Waals surface area contributed by atoms with E-state index in [1.807, 2.05) is 0 Å². The predicted octanol–water partition coefficient (Wildman–Crippen LogP) is -0.459. The molecule has 5 heteroatoms. The van der Waals surface area contributed by atoms with Crippen LogP contribution in [-0.2, 0) is 14.3 Å². The largest absolute Gasteiger partial charge is 0.466 e. The molecule has 1 saturated heterocycles. The summed E-state index contributed by atoms with van der Waals surface area (Å²) in [6.45, 7) is 0.734. The SMILES string of the molecule is COC(=O)/C=C/NC1CCCNC1=O. The van der Waals surface area contributed by atoms with Crippen LogP contribution in [0.4, 0.5) is 0 Å². The zero-order valence-electron chi connectivity index (χ0n) is 8.08. The molecule has 0 spiro atoms. The molecule has 1 unspecified atom stereocenters. The summed E-state index contributed by atoms with van der Waals surface area (Å²) in [6.07, 6.45) is 4.44. The Balaban J connectivity index is 2.32. The number of nitrogens with one attached hydrogen (secondary N) is 2. The normalized spacial score (nSPS) is 21.8. The summed E-state index contributed by atoms with van der Waals surface area (Å²) in [5.74, 6) is -0.459. The van der Waals surface area contributed by atoms with Gasteiger partial charge < -0.3 is 15.4 Å². The average molecular weight is 198 g/mol. The summed E-state index contributed by atoms with van der Waals surface area (Å²) >= 11 is 0. The van der Waals surface area contributed by atoms with Gasteiger partial charge in [0, 0.05) is 18.8 Å². The Morgan fingerprint density at radius 2 is 2.50 bits per heavy atom. The van der Waals surface area contributed by atoms with Crippen molar-refractivity contribution in [1.82, 2.24) is 10.6 Å². The lowest BCUT2D eigenvalue weighted by Crippen LogP contribution is -2.46. The van der Waals surface area contributed by atoms with Crippen molar-refractivity contribution in [1.29, 1.82) is 0 Å². The third-order valence-corrected chi connectivity index (χ3v) is 2.00. The van der Waals surface area contributed by atoms with Crippen molar-refractivity contribution in [2.45, 2.75) is 18.9 Å². The Hall–Kier alpha value is -1.52. The standard InChI is InChI=1S/C9H14N2O3/c1-14-8(12)4-6-10-7-3-2-5-11-9(7)13/h4,6-7,10H,2-3,5H2,1H3,(H,11,13)/b6-4+. The lowest BCUT2D eigenvalue weighted by molar-refractivity contribution is -0.135. The number of esters is 1. The Kier molecular flexibility index (Phi) is 3.97. The molecule has 78 valence electrons. The third kappa shape index (κ3) is 3.08. The first-order chi connectivity index (χ1) is 6.74. The van der Waals surface area contributed by atoms with Gasteiger partial charge in [0.2, 0.25) is 5.91 Å². The highest BCUT2D eigenvalue weighted by Crippen LogP contribution is 2.02. The van der Waals surface area contributed by atoms with Gasteiger partial charge in [-0.3, -0.25) is 4.79 Å². The molecule has 0 bridgehead atoms. The van der Waals surface area contributed by atoms with Crippen molar-refractivity contribution in [3.05, 3.63) is 12.3 Å². The minimum Gasteiger partial charge on any atom is -0.466 e. The molecular formula is C9H14N2O3. The number of piperidine rings is 1. The molecule has 1 atom stereocenters. The van der Waals surface area contributed by atoms with Crippen molar-refractivity contribution in [2.24, 2.45) is 0 Å². The molecule has 1 amide bonds. The molecule has 0 aliphatic carbocycles. The molecule has 1 aliphatic heterocycles. The monoisotopic (exact) mass is 198 g/mol. The van der Waals surface area contributed by atoms with Crippen molar-refractivity contribution in [3.8, 4) is 0 Å². The summed E-state index contributed by atoms with van der Waals surface area (Å²) in [7, 11) is 1.31. The molecule has 5 nitrogen and oxygen atoms in total. The minimum atomic E-state index is -0.436. The van der Waals surface area contributed by atoms with Gasteiger partial charge in [0.15, 0.2) is 0 Å². The fraction of sp³-hybridized carbons (Fsp3) is 0.556. The van der Waals surface area contributed by atoms with Gasteiger partial charge in [-0.1, -0.05) is 0 Å². The van der Waals surface area contributed by atoms with E-state index in [0.29, 0.717) is 0 Å². The zero-order valence-corrected chi connectivity index (χ0v) is 8.08. The summed E-state index contributed by atoms with van der Waals surface area (Å²) in [4.78, 5) is 21.9. The average Bonchev–Trinajstić information content (AvgIpc) is 2.20. The Morgan fingerprint density at radius 1 is 1.71 bits per heavy atom. The van der Waals surface area contributed by atoms with Crippen LogP contribution < -0.4 is 10.6 Å². The molecule has 14 heavy (non-hydrogen) atoms. The van der Waals surface area contributed by atoms with Crippen LogP contribution in [0.25, 0.3) is 0 Å². The highest BCUT2D eigenvalue weighted by atomic mass is 16.5. The molecule has 1 heterocycles. The number of rotatable bonds is 3. The minimum absolute atomic E-state index is 0.0224. The van der Waals surface area contributed by atoms with Crippen LogP contribution >= 0.6 is 0 Å². The van der Waals surface area contributed by atoms with Crippen molar-refractivity contribution in [3.63, 3.8) is 0 Å². The first kappa shape index (κ1) is 10.6. The number of ether oxygens (including phenoxy) is 1. The molecule has 2 N–H and O–H groups in total. The molecule has 1 rings (SSSR count). The maximum atomic E-state index is 11.2. The second kappa shape index (κ2) is 5.26. The number of carbonyl (C=O) groups excluding carboxylic acids is 2. The highest BCUT2D eigenvalue weighted by Gasteiger charge is 2.19. The van der Waals surface area contributed by atoms with Gasteiger partial charge in [0.05, 0.1) is 7.11 Å². The van der Waals surface area contributed by atoms with E-state index in [1.165, 1.54) is 19.4 Å². The van der Waals surface area contributed by atoms with Crippen LogP contribution in [0.5, 0.6) is 0 Å². The van der Waals surface area contributed by atoms with Gasteiger partial charge in [-0.05, 0) is 12.8 Å². The van der Waals surface area contributed by atoms with Gasteiger partial charge in [-0.15, -0.1) is 0 Å². The van der Waals surface area contributed by atoms with Gasteiger partial charge in [-0.2, -0.15) is 0 Å². The predicted molar refractivity (Wildman–Crippen MR) is 50.3 cm³/mol. The summed E-state index contributed by atoms with van der Waals surface area (Å²) in [6, 6.07) is -0.232. The number of methoxy groups -OCH3 is 1. The first-order valence-corrected chi connectivity index (χ1v) is 4.52. The summed E-state index contributed by atoms with van der Waals surface area (Å²) < 4.78 is 4.40. The molecule has 0 saturated carbocycles. The smallest absolute Gasteiger partial charge is 0.331 e. The van der Waals surface area contributed by atoms with E-state index >= 15 is 0 Å². The topological polar surface area (TPSA) is 67.4 Å². The highest BCUT2D eigenvalue weighted by molar-refractivity contribution is 5.83. The van der Waals surface area contributed by atoms with Gasteiger partial charge >= 0.3 is 5.97 Å². The zero-order chi connectivity index (χ0) is 10.4. The van der Waals surface area contributed by atoms with E-state index < -0.39 is 5.97 Å². The van der Waals surface area contributed by atoms with Crippen LogP contribution in [0.15, 0.2) is 12.3 Å². The summed E-state index contributed by atoms with van der Waals surface area (Å²) in [5.41, 5.74) is 0. The van der Waals surface area contributed by atoms with Crippen molar-refractivity contribution in [2.75, 3.05) is 13.7 Å². The fourth-order valence-corrected chi connectivity index (χ4v) is 1.23. The van der Waals surface area contributed by atoms with Crippen LogP contribution in [0.2, 0.25) is 0 Å². The van der Waals surface area contributed by atoms with Gasteiger partial charge in [0.25, 0.3) is 0 Å². The van der Waals surface area contributed by atoms with E-state index in [2.05, 4.69) is 15.4 Å². The second-order valence-corrected chi connectivity index (χ2v) is 3.01. The Labute approximate surface area is 82.5 Å². The fourth-order valence-electron chi connectivity index (χ4n) is 1.23. The third-order valence-electron chi connectivity index (χ3n) is 2.00. The number of amides is 1.